The fourth-order valence-corrected chi connectivity index (χ4v) is 4.70. The summed E-state index contributed by atoms with van der Waals surface area (Å²) in [5.41, 5.74) is 3.86. The zero-order valence-electron chi connectivity index (χ0n) is 19.8. The van der Waals surface area contributed by atoms with E-state index in [0.29, 0.717) is 27.8 Å². The summed E-state index contributed by atoms with van der Waals surface area (Å²) < 4.78 is 2.23. The second-order valence-corrected chi connectivity index (χ2v) is 8.73. The zero-order chi connectivity index (χ0) is 24.9. The lowest BCUT2D eigenvalue weighted by Crippen LogP contribution is -2.12. The molecule has 1 saturated carbocycles. The Hall–Kier alpha value is -3.64. The third-order valence-corrected chi connectivity index (χ3v) is 6.35. The largest absolute Gasteiger partial charge is 0.478 e. The first kappa shape index (κ1) is 24.5. The molecule has 6 nitrogen and oxygen atoms in total. The maximum Gasteiger partial charge on any atom is 0.335 e. The maximum absolute atomic E-state index is 12.7. The SMILES string of the molecule is CC.O=C(O)c1ccc2c(c1)nc(-c1ccc(C(=O)Nc3cccc(Cl)c3)cc1)n2C1CCCC1. The van der Waals surface area contributed by atoms with Crippen LogP contribution in [0.4, 0.5) is 5.69 Å². The number of fused-ring (bicyclic) bond motifs is 1. The smallest absolute Gasteiger partial charge is 0.335 e. The molecular formula is C28H28ClN3O3. The number of imidazole rings is 1. The molecule has 0 radical (unpaired) electrons. The van der Waals surface area contributed by atoms with Gasteiger partial charge in [-0.3, -0.25) is 4.79 Å². The predicted octanol–water partition coefficient (Wildman–Crippen LogP) is 7.45. The Bertz CT molecular complexity index is 1360. The van der Waals surface area contributed by atoms with E-state index in [2.05, 4.69) is 9.88 Å². The van der Waals surface area contributed by atoms with E-state index in [9.17, 15) is 14.7 Å². The minimum absolute atomic E-state index is 0.221. The quantitative estimate of drug-likeness (QED) is 0.305. The summed E-state index contributed by atoms with van der Waals surface area (Å²) >= 11 is 6.00. The Morgan fingerprint density at radius 1 is 0.971 bits per heavy atom. The Labute approximate surface area is 209 Å². The Morgan fingerprint density at radius 2 is 1.66 bits per heavy atom. The van der Waals surface area contributed by atoms with Crippen LogP contribution in [0, 0.1) is 0 Å². The van der Waals surface area contributed by atoms with E-state index >= 15 is 0 Å². The molecule has 0 atom stereocenters. The molecule has 4 aromatic rings. The molecule has 0 bridgehead atoms. The number of aromatic carboxylic acids is 1. The van der Waals surface area contributed by atoms with Gasteiger partial charge in [0, 0.05) is 27.9 Å². The third kappa shape index (κ3) is 5.23. The molecule has 0 spiro atoms. The van der Waals surface area contributed by atoms with Crippen LogP contribution in [0.3, 0.4) is 0 Å². The summed E-state index contributed by atoms with van der Waals surface area (Å²) in [6.45, 7) is 4.00. The first-order chi connectivity index (χ1) is 17.0. The lowest BCUT2D eigenvalue weighted by Gasteiger charge is -2.16. The second-order valence-electron chi connectivity index (χ2n) is 8.29. The monoisotopic (exact) mass is 489 g/mol. The molecular weight excluding hydrogens is 462 g/mol. The highest BCUT2D eigenvalue weighted by Crippen LogP contribution is 2.37. The van der Waals surface area contributed by atoms with Crippen LogP contribution in [0.5, 0.6) is 0 Å². The van der Waals surface area contributed by atoms with Gasteiger partial charge in [0.2, 0.25) is 0 Å². The van der Waals surface area contributed by atoms with Crippen LogP contribution < -0.4 is 5.32 Å². The molecule has 3 aromatic carbocycles. The van der Waals surface area contributed by atoms with Gasteiger partial charge in [-0.1, -0.05) is 56.5 Å². The van der Waals surface area contributed by atoms with Crippen molar-refractivity contribution in [2.45, 2.75) is 45.6 Å². The van der Waals surface area contributed by atoms with Crippen LogP contribution in [0.2, 0.25) is 5.02 Å². The topological polar surface area (TPSA) is 84.2 Å². The van der Waals surface area contributed by atoms with Gasteiger partial charge in [0.15, 0.2) is 0 Å². The van der Waals surface area contributed by atoms with Gasteiger partial charge in [0.1, 0.15) is 5.82 Å². The number of carboxylic acid groups (broad SMARTS) is 1. The molecule has 35 heavy (non-hydrogen) atoms. The standard InChI is InChI=1S/C26H22ClN3O3.C2H6/c27-19-4-3-5-20(15-19)28-25(31)17-10-8-16(9-11-17)24-29-22-14-18(26(32)33)12-13-23(22)30(24)21-6-1-2-7-21;1-2/h3-5,8-15,21H,1-2,6-7H2,(H,28,31)(H,32,33);1-2H3. The first-order valence-corrected chi connectivity index (χ1v) is 12.3. The van der Waals surface area contributed by atoms with Gasteiger partial charge in [0.25, 0.3) is 5.91 Å². The van der Waals surface area contributed by atoms with E-state index in [1.54, 1.807) is 48.5 Å². The molecule has 0 aliphatic heterocycles. The summed E-state index contributed by atoms with van der Waals surface area (Å²) in [6, 6.07) is 19.8. The highest BCUT2D eigenvalue weighted by Gasteiger charge is 2.24. The normalized spacial score (nSPS) is 13.3. The number of anilines is 1. The number of hydrogen-bond donors (Lipinski definition) is 2. The maximum atomic E-state index is 12.7. The van der Waals surface area contributed by atoms with Crippen LogP contribution in [0.25, 0.3) is 22.4 Å². The fraction of sp³-hybridized carbons (Fsp3) is 0.250. The number of benzene rings is 3. The Morgan fingerprint density at radius 3 is 2.31 bits per heavy atom. The number of nitrogens with one attached hydrogen (secondary N) is 1. The predicted molar refractivity (Wildman–Crippen MR) is 140 cm³/mol. The first-order valence-electron chi connectivity index (χ1n) is 11.9. The number of amides is 1. The molecule has 0 unspecified atom stereocenters. The Balaban J connectivity index is 0.00000141. The number of halogens is 1. The number of nitrogens with zero attached hydrogens (tertiary/aromatic N) is 2. The average Bonchev–Trinajstić information content (AvgIpc) is 3.52. The van der Waals surface area contributed by atoms with Crippen molar-refractivity contribution in [3.05, 3.63) is 82.9 Å². The van der Waals surface area contributed by atoms with E-state index in [1.807, 2.05) is 32.0 Å². The van der Waals surface area contributed by atoms with Crippen molar-refractivity contribution in [3.63, 3.8) is 0 Å². The van der Waals surface area contributed by atoms with E-state index in [4.69, 9.17) is 16.6 Å². The van der Waals surface area contributed by atoms with Crippen LogP contribution >= 0.6 is 11.6 Å². The minimum atomic E-state index is -0.969. The van der Waals surface area contributed by atoms with Gasteiger partial charge in [-0.15, -0.1) is 0 Å². The second kappa shape index (κ2) is 10.7. The van der Waals surface area contributed by atoms with Crippen molar-refractivity contribution in [2.75, 3.05) is 5.32 Å². The number of aromatic nitrogens is 2. The van der Waals surface area contributed by atoms with Crippen molar-refractivity contribution >= 4 is 40.2 Å². The van der Waals surface area contributed by atoms with E-state index < -0.39 is 5.97 Å². The highest BCUT2D eigenvalue weighted by atomic mass is 35.5. The molecule has 7 heteroatoms. The van der Waals surface area contributed by atoms with Crippen molar-refractivity contribution < 1.29 is 14.7 Å². The summed E-state index contributed by atoms with van der Waals surface area (Å²) in [5.74, 6) is -0.399. The van der Waals surface area contributed by atoms with Crippen LogP contribution in [-0.4, -0.2) is 26.5 Å². The van der Waals surface area contributed by atoms with Gasteiger partial charge in [-0.25, -0.2) is 9.78 Å². The summed E-state index contributed by atoms with van der Waals surface area (Å²) in [5, 5.41) is 12.8. The number of carbonyl (C=O) groups is 2. The van der Waals surface area contributed by atoms with Crippen molar-refractivity contribution in [1.82, 2.24) is 9.55 Å². The average molecular weight is 490 g/mol. The summed E-state index contributed by atoms with van der Waals surface area (Å²) in [4.78, 5) is 28.9. The lowest BCUT2D eigenvalue weighted by molar-refractivity contribution is 0.0696. The van der Waals surface area contributed by atoms with Gasteiger partial charge in [0.05, 0.1) is 16.6 Å². The van der Waals surface area contributed by atoms with Gasteiger partial charge in [-0.05, 0) is 61.4 Å². The molecule has 1 amide bonds. The summed E-state index contributed by atoms with van der Waals surface area (Å²) in [7, 11) is 0. The molecule has 0 saturated heterocycles. The highest BCUT2D eigenvalue weighted by molar-refractivity contribution is 6.31. The third-order valence-electron chi connectivity index (χ3n) is 6.11. The molecule has 1 aliphatic carbocycles. The number of rotatable bonds is 5. The van der Waals surface area contributed by atoms with E-state index in [1.165, 1.54) is 12.8 Å². The molecule has 2 N–H and O–H groups in total. The summed E-state index contributed by atoms with van der Waals surface area (Å²) in [6.07, 6.45) is 4.47. The van der Waals surface area contributed by atoms with Crippen LogP contribution in [0.15, 0.2) is 66.7 Å². The number of hydrogen-bond acceptors (Lipinski definition) is 3. The van der Waals surface area contributed by atoms with Crippen LogP contribution in [-0.2, 0) is 0 Å². The Kier molecular flexibility index (Phi) is 7.51. The minimum Gasteiger partial charge on any atom is -0.478 e. The molecule has 1 aromatic heterocycles. The molecule has 180 valence electrons. The molecule has 1 fully saturated rings. The fourth-order valence-electron chi connectivity index (χ4n) is 4.51. The zero-order valence-corrected chi connectivity index (χ0v) is 20.5. The van der Waals surface area contributed by atoms with Crippen LogP contribution in [0.1, 0.15) is 66.3 Å². The molecule has 5 rings (SSSR count). The number of carbonyl (C=O) groups excluding carboxylic acids is 1. The van der Waals surface area contributed by atoms with E-state index in [-0.39, 0.29) is 11.5 Å². The van der Waals surface area contributed by atoms with Crippen molar-refractivity contribution in [3.8, 4) is 11.4 Å². The van der Waals surface area contributed by atoms with Crippen molar-refractivity contribution in [1.29, 1.82) is 0 Å². The lowest BCUT2D eigenvalue weighted by atomic mass is 10.1. The van der Waals surface area contributed by atoms with Gasteiger partial charge >= 0.3 is 5.97 Å². The molecule has 1 aliphatic rings. The van der Waals surface area contributed by atoms with Gasteiger partial charge in [-0.2, -0.15) is 0 Å². The van der Waals surface area contributed by atoms with Gasteiger partial charge < -0.3 is 15.0 Å². The van der Waals surface area contributed by atoms with E-state index in [0.717, 1.165) is 29.7 Å². The van der Waals surface area contributed by atoms with Crippen molar-refractivity contribution in [2.24, 2.45) is 0 Å². The number of carboxylic acids is 1. The molecule has 1 heterocycles.